The first-order chi connectivity index (χ1) is 14.1. The van der Waals surface area contributed by atoms with Gasteiger partial charge in [-0.05, 0) is 25.5 Å². The Balaban J connectivity index is 1.44. The number of rotatable bonds is 3. The maximum Gasteiger partial charge on any atom is 0.417 e. The number of piperazine rings is 1. The molecule has 160 valence electrons. The molecule has 0 atom stereocenters. The number of pyridine rings is 1. The topological polar surface area (TPSA) is 65.1 Å². The van der Waals surface area contributed by atoms with Crippen LogP contribution in [0.4, 0.5) is 19.0 Å². The molecule has 0 unspecified atom stereocenters. The zero-order valence-electron chi connectivity index (χ0n) is 16.3. The molecule has 1 fully saturated rings. The summed E-state index contributed by atoms with van der Waals surface area (Å²) in [6, 6.07) is 0.908. The Labute approximate surface area is 179 Å². The van der Waals surface area contributed by atoms with Gasteiger partial charge in [0.15, 0.2) is 0 Å². The van der Waals surface area contributed by atoms with Crippen molar-refractivity contribution >= 4 is 39.0 Å². The molecule has 0 aliphatic carbocycles. The first kappa shape index (κ1) is 21.1. The van der Waals surface area contributed by atoms with E-state index in [0.717, 1.165) is 27.5 Å². The Morgan fingerprint density at radius 2 is 1.93 bits per heavy atom. The van der Waals surface area contributed by atoms with Crippen LogP contribution in [0.25, 0.3) is 10.2 Å². The molecule has 3 aromatic heterocycles. The standard InChI is InChI=1S/C19H19ClF3N5OS/c1-10-11(2)30-18-15(10)17(29)25-14(26-18)9-27-3-5-28(6-4-27)16-13(20)7-12(8-24-16)19(21,22)23/h7-8H,3-6,9H2,1-2H3,(H,25,26,29). The number of H-pyrrole nitrogens is 1. The lowest BCUT2D eigenvalue weighted by atomic mass is 10.2. The van der Waals surface area contributed by atoms with Gasteiger partial charge < -0.3 is 9.88 Å². The lowest BCUT2D eigenvalue weighted by Gasteiger charge is -2.35. The molecule has 1 N–H and O–H groups in total. The third kappa shape index (κ3) is 4.03. The molecule has 6 nitrogen and oxygen atoms in total. The number of hydrogen-bond acceptors (Lipinski definition) is 6. The molecule has 3 aromatic rings. The second-order valence-electron chi connectivity index (χ2n) is 7.27. The van der Waals surface area contributed by atoms with Gasteiger partial charge in [-0.1, -0.05) is 11.6 Å². The summed E-state index contributed by atoms with van der Waals surface area (Å²) in [5.41, 5.74) is -0.0274. The molecule has 1 saturated heterocycles. The van der Waals surface area contributed by atoms with Gasteiger partial charge in [-0.3, -0.25) is 9.69 Å². The van der Waals surface area contributed by atoms with E-state index in [-0.39, 0.29) is 10.6 Å². The number of thiophene rings is 1. The monoisotopic (exact) mass is 457 g/mol. The first-order valence-electron chi connectivity index (χ1n) is 9.32. The number of aromatic amines is 1. The van der Waals surface area contributed by atoms with E-state index in [1.165, 1.54) is 11.3 Å². The molecule has 0 spiro atoms. The van der Waals surface area contributed by atoms with E-state index in [9.17, 15) is 18.0 Å². The lowest BCUT2D eigenvalue weighted by molar-refractivity contribution is -0.137. The number of nitrogens with one attached hydrogen (secondary N) is 1. The summed E-state index contributed by atoms with van der Waals surface area (Å²) in [7, 11) is 0. The second kappa shape index (κ2) is 7.82. The van der Waals surface area contributed by atoms with Crippen molar-refractivity contribution in [1.29, 1.82) is 0 Å². The van der Waals surface area contributed by atoms with E-state index in [4.69, 9.17) is 11.6 Å². The summed E-state index contributed by atoms with van der Waals surface area (Å²) >= 11 is 7.57. The number of alkyl halides is 3. The Morgan fingerprint density at radius 1 is 1.23 bits per heavy atom. The average molecular weight is 458 g/mol. The van der Waals surface area contributed by atoms with Crippen LogP contribution < -0.4 is 10.5 Å². The van der Waals surface area contributed by atoms with Crippen molar-refractivity contribution in [3.05, 3.63) is 49.5 Å². The van der Waals surface area contributed by atoms with E-state index in [1.54, 1.807) is 0 Å². The number of fused-ring (bicyclic) bond motifs is 1. The fourth-order valence-electron chi connectivity index (χ4n) is 3.52. The van der Waals surface area contributed by atoms with Crippen LogP contribution in [0.1, 0.15) is 21.8 Å². The van der Waals surface area contributed by atoms with Crippen LogP contribution in [0.2, 0.25) is 5.02 Å². The van der Waals surface area contributed by atoms with Gasteiger partial charge in [-0.15, -0.1) is 11.3 Å². The minimum Gasteiger partial charge on any atom is -0.353 e. The number of halogens is 4. The lowest BCUT2D eigenvalue weighted by Crippen LogP contribution is -2.46. The summed E-state index contributed by atoms with van der Waals surface area (Å²) in [6.45, 7) is 6.78. The van der Waals surface area contributed by atoms with Crippen molar-refractivity contribution in [3.8, 4) is 0 Å². The molecule has 1 aliphatic heterocycles. The average Bonchev–Trinajstić information content (AvgIpc) is 2.96. The van der Waals surface area contributed by atoms with E-state index in [1.807, 2.05) is 18.7 Å². The largest absolute Gasteiger partial charge is 0.417 e. The number of anilines is 1. The maximum atomic E-state index is 12.8. The predicted molar refractivity (Wildman–Crippen MR) is 111 cm³/mol. The van der Waals surface area contributed by atoms with Crippen LogP contribution in [-0.4, -0.2) is 46.0 Å². The molecule has 4 heterocycles. The van der Waals surface area contributed by atoms with Gasteiger partial charge in [-0.2, -0.15) is 13.2 Å². The highest BCUT2D eigenvalue weighted by Crippen LogP contribution is 2.33. The van der Waals surface area contributed by atoms with Crippen molar-refractivity contribution < 1.29 is 13.2 Å². The zero-order chi connectivity index (χ0) is 21.6. The van der Waals surface area contributed by atoms with Crippen LogP contribution in [0.3, 0.4) is 0 Å². The van der Waals surface area contributed by atoms with E-state index < -0.39 is 11.7 Å². The molecule has 0 amide bonds. The van der Waals surface area contributed by atoms with Crippen molar-refractivity contribution in [2.75, 3.05) is 31.1 Å². The van der Waals surface area contributed by atoms with Gasteiger partial charge in [0.25, 0.3) is 5.56 Å². The van der Waals surface area contributed by atoms with Crippen molar-refractivity contribution in [2.45, 2.75) is 26.6 Å². The number of hydrogen-bond donors (Lipinski definition) is 1. The fourth-order valence-corrected chi connectivity index (χ4v) is 4.86. The van der Waals surface area contributed by atoms with Gasteiger partial charge in [0.05, 0.1) is 22.5 Å². The fraction of sp³-hybridized carbons (Fsp3) is 0.421. The third-order valence-electron chi connectivity index (χ3n) is 5.28. The molecule has 30 heavy (non-hydrogen) atoms. The molecular weight excluding hydrogens is 439 g/mol. The van der Waals surface area contributed by atoms with Crippen LogP contribution in [0.5, 0.6) is 0 Å². The predicted octanol–water partition coefficient (Wildman–Crippen LogP) is 3.99. The summed E-state index contributed by atoms with van der Waals surface area (Å²) in [5.74, 6) is 0.953. The summed E-state index contributed by atoms with van der Waals surface area (Å²) in [4.78, 5) is 29.6. The SMILES string of the molecule is Cc1sc2nc(CN3CCN(c4ncc(C(F)(F)F)cc4Cl)CC3)[nH]c(=O)c2c1C. The summed E-state index contributed by atoms with van der Waals surface area (Å²) in [5, 5.41) is 0.632. The van der Waals surface area contributed by atoms with Crippen molar-refractivity contribution in [3.63, 3.8) is 0 Å². The smallest absolute Gasteiger partial charge is 0.353 e. The maximum absolute atomic E-state index is 12.8. The molecule has 11 heteroatoms. The Hall–Kier alpha value is -2.17. The van der Waals surface area contributed by atoms with E-state index in [0.29, 0.717) is 49.8 Å². The van der Waals surface area contributed by atoms with Crippen molar-refractivity contribution in [2.24, 2.45) is 0 Å². The molecule has 0 radical (unpaired) electrons. The minimum atomic E-state index is -4.47. The Bertz CT molecular complexity index is 1150. The Morgan fingerprint density at radius 3 is 2.57 bits per heavy atom. The molecule has 0 bridgehead atoms. The van der Waals surface area contributed by atoms with Gasteiger partial charge >= 0.3 is 6.18 Å². The number of nitrogens with zero attached hydrogens (tertiary/aromatic N) is 4. The quantitative estimate of drug-likeness (QED) is 0.644. The molecule has 0 aromatic carbocycles. The Kier molecular flexibility index (Phi) is 5.50. The number of aromatic nitrogens is 3. The molecule has 1 aliphatic rings. The second-order valence-corrected chi connectivity index (χ2v) is 8.88. The highest BCUT2D eigenvalue weighted by Gasteiger charge is 2.32. The minimum absolute atomic E-state index is 0.0156. The van der Waals surface area contributed by atoms with E-state index >= 15 is 0 Å². The molecule has 4 rings (SSSR count). The van der Waals surface area contributed by atoms with Gasteiger partial charge in [-0.25, -0.2) is 9.97 Å². The van der Waals surface area contributed by atoms with Crippen LogP contribution >= 0.6 is 22.9 Å². The van der Waals surface area contributed by atoms with Gasteiger partial charge in [0, 0.05) is 37.3 Å². The van der Waals surface area contributed by atoms with Crippen molar-refractivity contribution in [1.82, 2.24) is 19.9 Å². The van der Waals surface area contributed by atoms with Crippen LogP contribution in [0.15, 0.2) is 17.1 Å². The normalized spacial score (nSPS) is 15.9. The van der Waals surface area contributed by atoms with Gasteiger partial charge in [0.1, 0.15) is 16.5 Å². The first-order valence-corrected chi connectivity index (χ1v) is 10.5. The molecular formula is C19H19ClF3N5OS. The summed E-state index contributed by atoms with van der Waals surface area (Å²) in [6.07, 6.45) is -3.67. The highest BCUT2D eigenvalue weighted by atomic mass is 35.5. The third-order valence-corrected chi connectivity index (χ3v) is 6.66. The molecule has 0 saturated carbocycles. The van der Waals surface area contributed by atoms with Crippen LogP contribution in [0, 0.1) is 13.8 Å². The van der Waals surface area contributed by atoms with Gasteiger partial charge in [0.2, 0.25) is 0 Å². The highest BCUT2D eigenvalue weighted by molar-refractivity contribution is 7.18. The summed E-state index contributed by atoms with van der Waals surface area (Å²) < 4.78 is 38.4. The zero-order valence-corrected chi connectivity index (χ0v) is 17.9. The van der Waals surface area contributed by atoms with Crippen LogP contribution in [-0.2, 0) is 12.7 Å². The van der Waals surface area contributed by atoms with E-state index in [2.05, 4.69) is 19.9 Å². The number of aryl methyl sites for hydroxylation is 2.